The first-order valence-electron chi connectivity index (χ1n) is 11.0. The molecule has 0 unspecified atom stereocenters. The average molecular weight is 505 g/mol. The van der Waals surface area contributed by atoms with Gasteiger partial charge in [0.05, 0.1) is 17.1 Å². The fraction of sp³-hybridized carbons (Fsp3) is 0.296. The minimum Gasteiger partial charge on any atom is -0.318 e. The zero-order valence-corrected chi connectivity index (χ0v) is 21.8. The van der Waals surface area contributed by atoms with E-state index < -0.39 is 0 Å². The van der Waals surface area contributed by atoms with E-state index in [9.17, 15) is 4.79 Å². The highest BCUT2D eigenvalue weighted by Crippen LogP contribution is 2.25. The third-order valence-electron chi connectivity index (χ3n) is 6.08. The number of aryl methyl sites for hydroxylation is 2. The Kier molecular flexibility index (Phi) is 5.91. The summed E-state index contributed by atoms with van der Waals surface area (Å²) in [6.45, 7) is 14.6. The van der Waals surface area contributed by atoms with Gasteiger partial charge in [-0.15, -0.1) is 0 Å². The zero-order chi connectivity index (χ0) is 24.1. The smallest absolute Gasteiger partial charge is 0.282 e. The van der Waals surface area contributed by atoms with Crippen LogP contribution in [0.5, 0.6) is 0 Å². The van der Waals surface area contributed by atoms with Crippen molar-refractivity contribution in [3.8, 4) is 5.69 Å². The van der Waals surface area contributed by atoms with Gasteiger partial charge in [0.2, 0.25) is 0 Å². The molecule has 33 heavy (non-hydrogen) atoms. The number of fused-ring (bicyclic) bond motifs is 1. The second-order valence-corrected chi connectivity index (χ2v) is 10.5. The van der Waals surface area contributed by atoms with E-state index in [1.165, 1.54) is 15.8 Å². The molecule has 4 rings (SSSR count). The molecule has 0 saturated carbocycles. The van der Waals surface area contributed by atoms with Crippen molar-refractivity contribution in [3.05, 3.63) is 91.2 Å². The maximum atomic E-state index is 13.4. The van der Waals surface area contributed by atoms with Gasteiger partial charge < -0.3 is 4.57 Å². The van der Waals surface area contributed by atoms with Crippen molar-refractivity contribution in [2.75, 3.05) is 0 Å². The topological polar surface area (TPSA) is 52.2 Å². The summed E-state index contributed by atoms with van der Waals surface area (Å²) >= 11 is 3.46. The number of hydrogen-bond acceptors (Lipinski definition) is 3. The van der Waals surface area contributed by atoms with Crippen molar-refractivity contribution < 1.29 is 0 Å². The molecule has 0 spiro atoms. The summed E-state index contributed by atoms with van der Waals surface area (Å²) in [5, 5.41) is 5.20. The Morgan fingerprint density at radius 2 is 1.76 bits per heavy atom. The van der Waals surface area contributed by atoms with Gasteiger partial charge in [-0.05, 0) is 69.2 Å². The van der Waals surface area contributed by atoms with Gasteiger partial charge in [0.25, 0.3) is 5.56 Å². The summed E-state index contributed by atoms with van der Waals surface area (Å²) in [5.41, 5.74) is 6.97. The van der Waals surface area contributed by atoms with Crippen molar-refractivity contribution >= 4 is 33.0 Å². The second-order valence-electron chi connectivity index (χ2n) is 9.59. The van der Waals surface area contributed by atoms with Gasteiger partial charge in [-0.1, -0.05) is 48.8 Å². The fourth-order valence-corrected chi connectivity index (χ4v) is 4.49. The van der Waals surface area contributed by atoms with Crippen LogP contribution < -0.4 is 5.56 Å². The van der Waals surface area contributed by atoms with Gasteiger partial charge in [0, 0.05) is 32.5 Å². The van der Waals surface area contributed by atoms with Gasteiger partial charge in [-0.3, -0.25) is 4.79 Å². The lowest BCUT2D eigenvalue weighted by atomic mass is 9.95. The molecule has 0 N–H and O–H groups in total. The van der Waals surface area contributed by atoms with Crippen LogP contribution in [-0.4, -0.2) is 20.4 Å². The molecular formula is C27H29BrN4O. The minimum absolute atomic E-state index is 0.175. The number of hydrogen-bond donors (Lipinski definition) is 0. The van der Waals surface area contributed by atoms with E-state index in [4.69, 9.17) is 4.98 Å². The number of nitrogens with zero attached hydrogens (tertiary/aromatic N) is 4. The lowest BCUT2D eigenvalue weighted by Gasteiger charge is -2.20. The largest absolute Gasteiger partial charge is 0.318 e. The third kappa shape index (κ3) is 4.20. The lowest BCUT2D eigenvalue weighted by molar-refractivity contribution is 0.506. The first kappa shape index (κ1) is 23.2. The minimum atomic E-state index is -0.354. The predicted molar refractivity (Wildman–Crippen MR) is 140 cm³/mol. The maximum absolute atomic E-state index is 13.4. The molecule has 0 aliphatic carbocycles. The summed E-state index contributed by atoms with van der Waals surface area (Å²) in [6, 6.07) is 14.0. The monoisotopic (exact) mass is 504 g/mol. The SMILES string of the molecule is Cc1cccc(-n2c(C)cc(C=Nn3c(C(C)(C)C)nc4ccc(Br)cc4c3=O)c2C)c1C. The van der Waals surface area contributed by atoms with Crippen LogP contribution in [0.2, 0.25) is 0 Å². The molecule has 2 aromatic heterocycles. The van der Waals surface area contributed by atoms with E-state index in [1.54, 1.807) is 12.3 Å². The first-order chi connectivity index (χ1) is 15.5. The van der Waals surface area contributed by atoms with Crippen LogP contribution in [0.3, 0.4) is 0 Å². The standard InChI is InChI=1S/C27H29BrN4O/c1-16-9-8-10-24(18(16)3)31-17(2)13-20(19(31)4)15-29-32-25(33)22-14-21(28)11-12-23(22)30-26(32)27(5,6)7/h8-15H,1-7H3. The van der Waals surface area contributed by atoms with Gasteiger partial charge in [-0.2, -0.15) is 9.78 Å². The van der Waals surface area contributed by atoms with Crippen molar-refractivity contribution in [2.45, 2.75) is 53.9 Å². The summed E-state index contributed by atoms with van der Waals surface area (Å²) in [6.07, 6.45) is 1.77. The fourth-order valence-electron chi connectivity index (χ4n) is 4.13. The Morgan fingerprint density at radius 3 is 2.45 bits per heavy atom. The Bertz CT molecular complexity index is 1470. The highest BCUT2D eigenvalue weighted by Gasteiger charge is 2.23. The third-order valence-corrected chi connectivity index (χ3v) is 6.57. The van der Waals surface area contributed by atoms with E-state index in [1.807, 2.05) is 32.9 Å². The second kappa shape index (κ2) is 8.41. The molecule has 2 aromatic carbocycles. The van der Waals surface area contributed by atoms with E-state index in [0.29, 0.717) is 16.7 Å². The molecule has 2 heterocycles. The molecule has 0 amide bonds. The van der Waals surface area contributed by atoms with Gasteiger partial charge in [0.15, 0.2) is 0 Å². The quantitative estimate of drug-likeness (QED) is 0.304. The Balaban J connectivity index is 1.88. The molecule has 0 radical (unpaired) electrons. The molecule has 4 aromatic rings. The Hall–Kier alpha value is -2.99. The van der Waals surface area contributed by atoms with Crippen molar-refractivity contribution in [3.63, 3.8) is 0 Å². The van der Waals surface area contributed by atoms with Gasteiger partial charge in [-0.25, -0.2) is 4.98 Å². The van der Waals surface area contributed by atoms with E-state index in [0.717, 1.165) is 27.1 Å². The molecule has 170 valence electrons. The number of rotatable bonds is 3. The van der Waals surface area contributed by atoms with Crippen LogP contribution >= 0.6 is 15.9 Å². The normalized spacial score (nSPS) is 12.2. The average Bonchev–Trinajstić information content (AvgIpc) is 3.02. The molecular weight excluding hydrogens is 476 g/mol. The maximum Gasteiger partial charge on any atom is 0.282 e. The highest BCUT2D eigenvalue weighted by atomic mass is 79.9. The molecule has 0 aliphatic rings. The van der Waals surface area contributed by atoms with Crippen molar-refractivity contribution in [1.82, 2.24) is 14.2 Å². The Morgan fingerprint density at radius 1 is 1.03 bits per heavy atom. The summed E-state index contributed by atoms with van der Waals surface area (Å²) in [7, 11) is 0. The van der Waals surface area contributed by atoms with Gasteiger partial charge in [0.1, 0.15) is 5.82 Å². The van der Waals surface area contributed by atoms with Crippen molar-refractivity contribution in [2.24, 2.45) is 5.10 Å². The van der Waals surface area contributed by atoms with E-state index in [2.05, 4.69) is 77.6 Å². The summed E-state index contributed by atoms with van der Waals surface area (Å²) in [5.74, 6) is 0.627. The molecule has 0 aliphatic heterocycles. The number of aromatic nitrogens is 3. The number of halogens is 1. The van der Waals surface area contributed by atoms with Crippen LogP contribution in [0.1, 0.15) is 54.7 Å². The predicted octanol–water partition coefficient (Wildman–Crippen LogP) is 6.36. The zero-order valence-electron chi connectivity index (χ0n) is 20.2. The van der Waals surface area contributed by atoms with Crippen molar-refractivity contribution in [1.29, 1.82) is 0 Å². The Labute approximate surface area is 202 Å². The number of benzene rings is 2. The molecule has 0 saturated heterocycles. The van der Waals surface area contributed by atoms with Crippen LogP contribution in [-0.2, 0) is 5.41 Å². The van der Waals surface area contributed by atoms with Crippen LogP contribution in [0.4, 0.5) is 0 Å². The molecule has 0 fully saturated rings. The van der Waals surface area contributed by atoms with E-state index >= 15 is 0 Å². The first-order valence-corrected chi connectivity index (χ1v) is 11.8. The van der Waals surface area contributed by atoms with E-state index in [-0.39, 0.29) is 11.0 Å². The highest BCUT2D eigenvalue weighted by molar-refractivity contribution is 9.10. The van der Waals surface area contributed by atoms with Crippen LogP contribution in [0.25, 0.3) is 16.6 Å². The lowest BCUT2D eigenvalue weighted by Crippen LogP contribution is -2.29. The molecule has 0 bridgehead atoms. The summed E-state index contributed by atoms with van der Waals surface area (Å²) < 4.78 is 4.52. The molecule has 6 heteroatoms. The van der Waals surface area contributed by atoms with Crippen LogP contribution in [0.15, 0.2) is 56.8 Å². The van der Waals surface area contributed by atoms with Gasteiger partial charge >= 0.3 is 0 Å². The molecule has 0 atom stereocenters. The molecule has 5 nitrogen and oxygen atoms in total. The summed E-state index contributed by atoms with van der Waals surface area (Å²) in [4.78, 5) is 18.2. The van der Waals surface area contributed by atoms with Crippen LogP contribution in [0, 0.1) is 27.7 Å².